The average Bonchev–Trinajstić information content (AvgIpc) is 3.45. The van der Waals surface area contributed by atoms with Gasteiger partial charge in [0.05, 0.1) is 36.1 Å². The normalized spacial score (nSPS) is 31.7. The van der Waals surface area contributed by atoms with Gasteiger partial charge >= 0.3 is 0 Å². The van der Waals surface area contributed by atoms with Gasteiger partial charge in [0, 0.05) is 0 Å². The third-order valence-electron chi connectivity index (χ3n) is 7.16. The van der Waals surface area contributed by atoms with Crippen LogP contribution in [0.25, 0.3) is 11.2 Å². The summed E-state index contributed by atoms with van der Waals surface area (Å²) in [5.74, 6) is 5.40. The zero-order chi connectivity index (χ0) is 23.1. The lowest BCUT2D eigenvalue weighted by molar-refractivity contribution is -0.178. The van der Waals surface area contributed by atoms with Crippen LogP contribution < -0.4 is 5.73 Å². The molecule has 0 spiro atoms. The van der Waals surface area contributed by atoms with Crippen molar-refractivity contribution in [1.29, 1.82) is 0 Å². The van der Waals surface area contributed by atoms with E-state index in [1.54, 1.807) is 13.4 Å². The van der Waals surface area contributed by atoms with E-state index in [-0.39, 0.29) is 35.9 Å². The Morgan fingerprint density at radius 3 is 2.85 bits per heavy atom. The van der Waals surface area contributed by atoms with E-state index >= 15 is 0 Å². The Kier molecular flexibility index (Phi) is 4.33. The van der Waals surface area contributed by atoms with E-state index < -0.39 is 11.2 Å². The number of tetrazole rings is 1. The molecule has 0 amide bonds. The second-order valence-electron chi connectivity index (χ2n) is 9.27. The van der Waals surface area contributed by atoms with Crippen molar-refractivity contribution in [3.63, 3.8) is 0 Å². The molecular formula is C21H23ClN8O3. The number of hydrogen-bond donors (Lipinski definition) is 2. The number of ether oxygens (including phenoxy) is 2. The lowest BCUT2D eigenvalue weighted by atomic mass is 9.59. The Morgan fingerprint density at radius 1 is 1.36 bits per heavy atom. The molecule has 0 radical (unpaired) electrons. The van der Waals surface area contributed by atoms with Gasteiger partial charge in [-0.2, -0.15) is 4.80 Å². The molecule has 6 rings (SSSR count). The standard InChI is InChI=1S/C21H23ClN8O3/c1-20(2)32-15-14(11-6-7-21(11,16(15)33-20)19-26-28-29(3)27-19)30-9-24-13-12(23)10(5-4-8-31)17(22)25-18(13)30/h9,11,14-16,31H,6-8H2,1-3H3,(H2,23,25)/t11-,14-,15+,16+,21+/m1/s1. The first-order chi connectivity index (χ1) is 15.8. The highest BCUT2D eigenvalue weighted by Crippen LogP contribution is 2.66. The maximum atomic E-state index is 9.04. The number of aryl methyl sites for hydroxylation is 1. The maximum Gasteiger partial charge on any atom is 0.183 e. The molecule has 0 aromatic carbocycles. The van der Waals surface area contributed by atoms with Crippen molar-refractivity contribution in [2.45, 2.75) is 56.1 Å². The molecule has 1 aliphatic heterocycles. The van der Waals surface area contributed by atoms with Gasteiger partial charge in [-0.15, -0.1) is 10.2 Å². The molecule has 5 atom stereocenters. The van der Waals surface area contributed by atoms with Gasteiger partial charge in [-0.1, -0.05) is 23.4 Å². The maximum absolute atomic E-state index is 9.04. The van der Waals surface area contributed by atoms with Gasteiger partial charge in [0.1, 0.15) is 29.5 Å². The predicted molar refractivity (Wildman–Crippen MR) is 117 cm³/mol. The zero-order valence-corrected chi connectivity index (χ0v) is 19.1. The number of aliphatic hydroxyl groups excluding tert-OH is 1. The van der Waals surface area contributed by atoms with Crippen LogP contribution >= 0.6 is 11.6 Å². The van der Waals surface area contributed by atoms with Crippen LogP contribution in [0.5, 0.6) is 0 Å². The highest BCUT2D eigenvalue weighted by Gasteiger charge is 2.73. The highest BCUT2D eigenvalue weighted by molar-refractivity contribution is 6.31. The van der Waals surface area contributed by atoms with Crippen molar-refractivity contribution >= 4 is 28.5 Å². The SMILES string of the molecule is Cn1nnc([C@@]23CC[C@@H]2[C@@H](n2cnc4c(N)c(C#CCO)c(Cl)nc42)[C@@H]2OC(C)(C)O[C@@H]23)n1. The van der Waals surface area contributed by atoms with Crippen LogP contribution in [-0.2, 0) is 21.9 Å². The molecule has 4 heterocycles. The fraction of sp³-hybridized carbons (Fsp3) is 0.571. The number of halogens is 1. The van der Waals surface area contributed by atoms with E-state index in [9.17, 15) is 0 Å². The molecule has 3 fully saturated rings. The molecule has 172 valence electrons. The van der Waals surface area contributed by atoms with Crippen molar-refractivity contribution in [2.24, 2.45) is 13.0 Å². The fourth-order valence-electron chi connectivity index (χ4n) is 5.84. The van der Waals surface area contributed by atoms with E-state index in [1.807, 2.05) is 18.4 Å². The van der Waals surface area contributed by atoms with Crippen molar-refractivity contribution in [3.05, 3.63) is 22.9 Å². The second-order valence-corrected chi connectivity index (χ2v) is 9.63. The van der Waals surface area contributed by atoms with Crippen LogP contribution in [-0.4, -0.2) is 64.5 Å². The Labute approximate surface area is 194 Å². The second kappa shape index (κ2) is 6.87. The smallest absolute Gasteiger partial charge is 0.183 e. The van der Waals surface area contributed by atoms with E-state index in [0.717, 1.165) is 12.8 Å². The molecular weight excluding hydrogens is 448 g/mol. The molecule has 1 saturated heterocycles. The minimum atomic E-state index is -0.753. The van der Waals surface area contributed by atoms with Gasteiger partial charge in [0.25, 0.3) is 0 Å². The van der Waals surface area contributed by atoms with Gasteiger partial charge in [-0.05, 0) is 37.8 Å². The predicted octanol–water partition coefficient (Wildman–Crippen LogP) is 0.957. The van der Waals surface area contributed by atoms with E-state index in [1.165, 1.54) is 4.80 Å². The summed E-state index contributed by atoms with van der Waals surface area (Å²) in [4.78, 5) is 10.6. The monoisotopic (exact) mass is 470 g/mol. The first kappa shape index (κ1) is 20.8. The van der Waals surface area contributed by atoms with Crippen molar-refractivity contribution in [2.75, 3.05) is 12.3 Å². The lowest BCUT2D eigenvalue weighted by Gasteiger charge is -2.47. The lowest BCUT2D eigenvalue weighted by Crippen LogP contribution is -2.51. The van der Waals surface area contributed by atoms with Crippen LogP contribution in [0, 0.1) is 17.8 Å². The number of aliphatic hydroxyl groups is 1. The topological polar surface area (TPSA) is 139 Å². The number of anilines is 1. The van der Waals surface area contributed by atoms with Crippen LogP contribution in [0.2, 0.25) is 5.15 Å². The minimum Gasteiger partial charge on any atom is -0.396 e. The molecule has 3 N–H and O–H groups in total. The zero-order valence-electron chi connectivity index (χ0n) is 18.4. The Morgan fingerprint density at radius 2 is 2.18 bits per heavy atom. The fourth-order valence-corrected chi connectivity index (χ4v) is 6.07. The molecule has 11 nitrogen and oxygen atoms in total. The van der Waals surface area contributed by atoms with Crippen LogP contribution in [0.15, 0.2) is 6.33 Å². The molecule has 3 aliphatic rings. The van der Waals surface area contributed by atoms with Crippen molar-refractivity contribution in [3.8, 4) is 11.8 Å². The van der Waals surface area contributed by atoms with Gasteiger partial charge in [-0.25, -0.2) is 9.97 Å². The summed E-state index contributed by atoms with van der Waals surface area (Å²) in [6.45, 7) is 3.53. The molecule has 2 saturated carbocycles. The first-order valence-electron chi connectivity index (χ1n) is 10.8. The summed E-state index contributed by atoms with van der Waals surface area (Å²) in [7, 11) is 1.76. The Hall–Kier alpha value is -2.78. The largest absolute Gasteiger partial charge is 0.396 e. The quantitative estimate of drug-likeness (QED) is 0.414. The summed E-state index contributed by atoms with van der Waals surface area (Å²) >= 11 is 6.44. The summed E-state index contributed by atoms with van der Waals surface area (Å²) in [6, 6.07) is -0.128. The van der Waals surface area contributed by atoms with Gasteiger partial charge < -0.3 is 24.9 Å². The van der Waals surface area contributed by atoms with Gasteiger partial charge in [0.15, 0.2) is 17.3 Å². The third kappa shape index (κ3) is 2.72. The van der Waals surface area contributed by atoms with Crippen LogP contribution in [0.3, 0.4) is 0 Å². The van der Waals surface area contributed by atoms with Crippen LogP contribution in [0.4, 0.5) is 5.69 Å². The first-order valence-corrected chi connectivity index (χ1v) is 11.2. The number of nitrogens with two attached hydrogens (primary N) is 1. The number of nitrogens with zero attached hydrogens (tertiary/aromatic N) is 7. The highest BCUT2D eigenvalue weighted by atomic mass is 35.5. The molecule has 3 aromatic heterocycles. The summed E-state index contributed by atoms with van der Waals surface area (Å²) < 4.78 is 14.9. The molecule has 12 heteroatoms. The molecule has 0 bridgehead atoms. The number of fused-ring (bicyclic) bond motifs is 4. The summed E-state index contributed by atoms with van der Waals surface area (Å²) in [5, 5.41) is 22.2. The number of nitrogen functional groups attached to an aromatic ring is 1. The Bertz CT molecular complexity index is 1340. The molecule has 2 aliphatic carbocycles. The van der Waals surface area contributed by atoms with Gasteiger partial charge in [-0.3, -0.25) is 0 Å². The number of pyridine rings is 1. The summed E-state index contributed by atoms with van der Waals surface area (Å²) in [5.41, 5.74) is 7.69. The number of hydrogen-bond acceptors (Lipinski definition) is 9. The molecule has 0 unspecified atom stereocenters. The number of aromatic nitrogens is 7. The van der Waals surface area contributed by atoms with Crippen molar-refractivity contribution in [1.82, 2.24) is 34.7 Å². The number of rotatable bonds is 2. The van der Waals surface area contributed by atoms with E-state index in [4.69, 9.17) is 31.9 Å². The third-order valence-corrected chi connectivity index (χ3v) is 7.43. The number of imidazole rings is 1. The van der Waals surface area contributed by atoms with Crippen LogP contribution in [0.1, 0.15) is 44.1 Å². The summed E-state index contributed by atoms with van der Waals surface area (Å²) in [6.07, 6.45) is 3.06. The average molecular weight is 471 g/mol. The van der Waals surface area contributed by atoms with Gasteiger partial charge in [0.2, 0.25) is 0 Å². The minimum absolute atomic E-state index is 0.128. The molecule has 3 aromatic rings. The van der Waals surface area contributed by atoms with E-state index in [0.29, 0.717) is 28.2 Å². The van der Waals surface area contributed by atoms with Crippen molar-refractivity contribution < 1.29 is 14.6 Å². The molecule has 33 heavy (non-hydrogen) atoms. The van der Waals surface area contributed by atoms with E-state index in [2.05, 4.69) is 37.2 Å². The Balaban J connectivity index is 1.51.